The largest absolute Gasteiger partial charge is 0.310 e. The van der Waals surface area contributed by atoms with Crippen LogP contribution < -0.4 is 4.90 Å². The molecule has 72 valence electrons. The third-order valence-corrected chi connectivity index (χ3v) is 3.27. The zero-order valence-corrected chi connectivity index (χ0v) is 8.16. The summed E-state index contributed by atoms with van der Waals surface area (Å²) >= 11 is 0. The molecule has 2 aliphatic rings. The van der Waals surface area contributed by atoms with Gasteiger partial charge in [0.15, 0.2) is 0 Å². The molecule has 0 atom stereocenters. The number of nitrogens with zero attached hydrogens (tertiary/aromatic N) is 2. The molecule has 1 fully saturated rings. The monoisotopic (exact) mass is 188 g/mol. The fourth-order valence-corrected chi connectivity index (χ4v) is 2.31. The Balaban J connectivity index is 2.14. The molecule has 0 N–H and O–H groups in total. The number of pyridine rings is 1. The summed E-state index contributed by atoms with van der Waals surface area (Å²) in [6.45, 7) is 2.47. The van der Waals surface area contributed by atoms with E-state index in [-0.39, 0.29) is 11.3 Å². The molecule has 14 heavy (non-hydrogen) atoms. The molecule has 1 saturated carbocycles. The van der Waals surface area contributed by atoms with Gasteiger partial charge in [0.2, 0.25) is 5.91 Å². The molecule has 0 unspecified atom stereocenters. The highest BCUT2D eigenvalue weighted by atomic mass is 16.2. The van der Waals surface area contributed by atoms with Crippen LogP contribution in [0.5, 0.6) is 0 Å². The van der Waals surface area contributed by atoms with Gasteiger partial charge < -0.3 is 4.90 Å². The minimum Gasteiger partial charge on any atom is -0.310 e. The number of fused-ring (bicyclic) bond motifs is 2. The van der Waals surface area contributed by atoms with E-state index in [1.54, 1.807) is 6.92 Å². The summed E-state index contributed by atoms with van der Waals surface area (Å²) in [5.41, 5.74) is 2.38. The van der Waals surface area contributed by atoms with Crippen molar-refractivity contribution in [3.05, 3.63) is 24.0 Å². The van der Waals surface area contributed by atoms with Gasteiger partial charge in [-0.1, -0.05) is 0 Å². The number of carbonyl (C=O) groups excluding carboxylic acids is 1. The lowest BCUT2D eigenvalue weighted by molar-refractivity contribution is -0.116. The summed E-state index contributed by atoms with van der Waals surface area (Å²) in [5.74, 6) is 0.128. The van der Waals surface area contributed by atoms with Crippen molar-refractivity contribution in [1.82, 2.24) is 4.98 Å². The van der Waals surface area contributed by atoms with Crippen LogP contribution in [0.2, 0.25) is 0 Å². The van der Waals surface area contributed by atoms with Gasteiger partial charge in [0.25, 0.3) is 0 Å². The highest BCUT2D eigenvalue weighted by molar-refractivity contribution is 5.94. The zero-order valence-electron chi connectivity index (χ0n) is 8.16. The topological polar surface area (TPSA) is 33.2 Å². The number of hydrogen-bond acceptors (Lipinski definition) is 2. The van der Waals surface area contributed by atoms with Crippen molar-refractivity contribution in [2.75, 3.05) is 11.4 Å². The van der Waals surface area contributed by atoms with Crippen LogP contribution >= 0.6 is 0 Å². The van der Waals surface area contributed by atoms with Crippen LogP contribution in [-0.2, 0) is 10.2 Å². The van der Waals surface area contributed by atoms with E-state index in [1.807, 2.05) is 23.2 Å². The quantitative estimate of drug-likeness (QED) is 0.618. The Morgan fingerprint density at radius 2 is 2.36 bits per heavy atom. The third kappa shape index (κ3) is 0.870. The van der Waals surface area contributed by atoms with Crippen LogP contribution in [0.3, 0.4) is 0 Å². The van der Waals surface area contributed by atoms with E-state index in [0.717, 1.165) is 17.9 Å². The molecule has 3 rings (SSSR count). The summed E-state index contributed by atoms with van der Waals surface area (Å²) in [5, 5.41) is 0. The van der Waals surface area contributed by atoms with Gasteiger partial charge in [-0.2, -0.15) is 0 Å². The molecule has 1 amide bonds. The Kier molecular flexibility index (Phi) is 1.34. The van der Waals surface area contributed by atoms with Crippen molar-refractivity contribution < 1.29 is 4.79 Å². The predicted molar refractivity (Wildman–Crippen MR) is 53.2 cm³/mol. The molecule has 2 heterocycles. The van der Waals surface area contributed by atoms with Crippen molar-refractivity contribution in [1.29, 1.82) is 0 Å². The summed E-state index contributed by atoms with van der Waals surface area (Å²) in [7, 11) is 0. The second kappa shape index (κ2) is 2.35. The molecule has 0 saturated heterocycles. The molecule has 3 heteroatoms. The summed E-state index contributed by atoms with van der Waals surface area (Å²) in [6.07, 6.45) is 4.18. The normalized spacial score (nSPS) is 21.1. The van der Waals surface area contributed by atoms with E-state index in [2.05, 4.69) is 4.98 Å². The molecule has 0 radical (unpaired) electrons. The number of aromatic nitrogens is 1. The van der Waals surface area contributed by atoms with E-state index < -0.39 is 0 Å². The number of carbonyl (C=O) groups is 1. The van der Waals surface area contributed by atoms with E-state index >= 15 is 0 Å². The van der Waals surface area contributed by atoms with E-state index in [4.69, 9.17) is 0 Å². The van der Waals surface area contributed by atoms with Crippen molar-refractivity contribution in [3.8, 4) is 0 Å². The van der Waals surface area contributed by atoms with E-state index in [1.165, 1.54) is 12.8 Å². The summed E-state index contributed by atoms with van der Waals surface area (Å²) in [6, 6.07) is 3.90. The van der Waals surface area contributed by atoms with Gasteiger partial charge in [-0.05, 0) is 25.0 Å². The van der Waals surface area contributed by atoms with E-state index in [0.29, 0.717) is 0 Å². The molecule has 1 aromatic heterocycles. The molecule has 3 nitrogen and oxygen atoms in total. The lowest BCUT2D eigenvalue weighted by atomic mass is 10.1. The second-order valence-corrected chi connectivity index (χ2v) is 4.26. The molecular formula is C11H12N2O. The number of rotatable bonds is 0. The molecule has 1 aliphatic carbocycles. The van der Waals surface area contributed by atoms with Gasteiger partial charge in [-0.15, -0.1) is 0 Å². The maximum absolute atomic E-state index is 11.4. The SMILES string of the molecule is CC(=O)N1CC2(CC2)c2ncccc21. The smallest absolute Gasteiger partial charge is 0.223 e. The average Bonchev–Trinajstić information content (AvgIpc) is 2.86. The standard InChI is InChI=1S/C11H12N2O/c1-8(14)13-7-11(4-5-11)10-9(13)3-2-6-12-10/h2-3,6H,4-5,7H2,1H3. The van der Waals surface area contributed by atoms with Gasteiger partial charge in [-0.25, -0.2) is 0 Å². The number of hydrogen-bond donors (Lipinski definition) is 0. The Morgan fingerprint density at radius 1 is 1.57 bits per heavy atom. The molecular weight excluding hydrogens is 176 g/mol. The Labute approximate surface area is 82.8 Å². The van der Waals surface area contributed by atoms with Gasteiger partial charge in [0.05, 0.1) is 11.4 Å². The minimum absolute atomic E-state index is 0.128. The number of amides is 1. The maximum atomic E-state index is 11.4. The van der Waals surface area contributed by atoms with Crippen molar-refractivity contribution >= 4 is 11.6 Å². The highest BCUT2D eigenvalue weighted by Gasteiger charge is 2.53. The highest BCUT2D eigenvalue weighted by Crippen LogP contribution is 2.55. The van der Waals surface area contributed by atoms with Gasteiger partial charge in [-0.3, -0.25) is 9.78 Å². The van der Waals surface area contributed by atoms with Crippen molar-refractivity contribution in [3.63, 3.8) is 0 Å². The van der Waals surface area contributed by atoms with Crippen LogP contribution in [0.15, 0.2) is 18.3 Å². The van der Waals surface area contributed by atoms with Crippen LogP contribution in [0.4, 0.5) is 5.69 Å². The van der Waals surface area contributed by atoms with Gasteiger partial charge in [0.1, 0.15) is 0 Å². The Morgan fingerprint density at radius 3 is 3.00 bits per heavy atom. The summed E-state index contributed by atoms with van der Waals surface area (Å²) < 4.78 is 0. The first kappa shape index (κ1) is 7.97. The number of anilines is 1. The van der Waals surface area contributed by atoms with Crippen molar-refractivity contribution in [2.45, 2.75) is 25.2 Å². The average molecular weight is 188 g/mol. The minimum atomic E-state index is 0.128. The van der Waals surface area contributed by atoms with Crippen LogP contribution in [-0.4, -0.2) is 17.4 Å². The first-order valence-electron chi connectivity index (χ1n) is 4.97. The maximum Gasteiger partial charge on any atom is 0.223 e. The molecule has 0 bridgehead atoms. The fourth-order valence-electron chi connectivity index (χ4n) is 2.31. The predicted octanol–water partition coefficient (Wildman–Crippen LogP) is 1.48. The third-order valence-electron chi connectivity index (χ3n) is 3.27. The Bertz CT molecular complexity index is 410. The first-order valence-corrected chi connectivity index (χ1v) is 4.97. The lowest BCUT2D eigenvalue weighted by Crippen LogP contribution is -2.28. The Hall–Kier alpha value is -1.38. The van der Waals surface area contributed by atoms with Crippen LogP contribution in [0, 0.1) is 0 Å². The van der Waals surface area contributed by atoms with Crippen molar-refractivity contribution in [2.24, 2.45) is 0 Å². The molecule has 1 spiro atoms. The van der Waals surface area contributed by atoms with E-state index in [9.17, 15) is 4.79 Å². The zero-order chi connectivity index (χ0) is 9.76. The molecule has 1 aliphatic heterocycles. The molecule has 1 aromatic rings. The van der Waals surface area contributed by atoms with Gasteiger partial charge >= 0.3 is 0 Å². The first-order chi connectivity index (χ1) is 6.73. The fraction of sp³-hybridized carbons (Fsp3) is 0.455. The molecule has 0 aromatic carbocycles. The van der Waals surface area contributed by atoms with Gasteiger partial charge in [0, 0.05) is 25.1 Å². The van der Waals surface area contributed by atoms with Crippen LogP contribution in [0.25, 0.3) is 0 Å². The lowest BCUT2D eigenvalue weighted by Gasteiger charge is -2.14. The second-order valence-electron chi connectivity index (χ2n) is 4.26. The van der Waals surface area contributed by atoms with Crippen LogP contribution in [0.1, 0.15) is 25.5 Å². The summed E-state index contributed by atoms with van der Waals surface area (Å²) in [4.78, 5) is 17.7.